The van der Waals surface area contributed by atoms with Crippen molar-refractivity contribution in [2.45, 2.75) is 70.6 Å². The predicted octanol–water partition coefficient (Wildman–Crippen LogP) is 4.20. The van der Waals surface area contributed by atoms with E-state index in [9.17, 15) is 4.79 Å². The molecule has 0 aromatic carbocycles. The average Bonchev–Trinajstić information content (AvgIpc) is 2.61. The lowest BCUT2D eigenvalue weighted by molar-refractivity contribution is 0.0633. The Labute approximate surface area is 147 Å². The maximum absolute atomic E-state index is 12.4. The van der Waals surface area contributed by atoms with Crippen LogP contribution in [0.3, 0.4) is 0 Å². The fourth-order valence-electron chi connectivity index (χ4n) is 4.86. The molecule has 1 amide bonds. The van der Waals surface area contributed by atoms with Crippen molar-refractivity contribution in [3.8, 4) is 0 Å². The molecule has 1 N–H and O–H groups in total. The van der Waals surface area contributed by atoms with Crippen molar-refractivity contribution in [2.75, 3.05) is 32.8 Å². The lowest BCUT2D eigenvalue weighted by Crippen LogP contribution is -2.42. The Hall–Kier alpha value is -0.770. The van der Waals surface area contributed by atoms with Crippen LogP contribution in [0.25, 0.3) is 0 Å². The zero-order valence-electron chi connectivity index (χ0n) is 15.3. The van der Waals surface area contributed by atoms with E-state index in [0.717, 1.165) is 24.9 Å². The van der Waals surface area contributed by atoms with Crippen molar-refractivity contribution in [3.05, 3.63) is 0 Å². The maximum Gasteiger partial charge on any atom is 0.409 e. The molecule has 1 saturated carbocycles. The molecule has 0 bridgehead atoms. The highest BCUT2D eigenvalue weighted by Crippen LogP contribution is 2.31. The number of nitrogens with zero attached hydrogens (tertiary/aromatic N) is 1. The second-order valence-corrected chi connectivity index (χ2v) is 8.20. The van der Waals surface area contributed by atoms with Crippen molar-refractivity contribution < 1.29 is 9.53 Å². The van der Waals surface area contributed by atoms with Crippen LogP contribution in [0, 0.1) is 17.8 Å². The summed E-state index contributed by atoms with van der Waals surface area (Å²) in [5.74, 6) is 2.29. The molecule has 24 heavy (non-hydrogen) atoms. The van der Waals surface area contributed by atoms with Gasteiger partial charge in [-0.15, -0.1) is 0 Å². The number of hydrogen-bond donors (Lipinski definition) is 1. The molecule has 4 nitrogen and oxygen atoms in total. The first-order valence-electron chi connectivity index (χ1n) is 10.5. The molecule has 2 saturated heterocycles. The lowest BCUT2D eigenvalue weighted by Gasteiger charge is -2.37. The van der Waals surface area contributed by atoms with Crippen molar-refractivity contribution in [1.82, 2.24) is 10.2 Å². The Balaban J connectivity index is 1.35. The highest BCUT2D eigenvalue weighted by Gasteiger charge is 2.30. The summed E-state index contributed by atoms with van der Waals surface area (Å²) in [5, 5.41) is 3.45. The highest BCUT2D eigenvalue weighted by molar-refractivity contribution is 5.67. The molecule has 3 rings (SSSR count). The number of nitrogens with one attached hydrogen (secondary N) is 1. The molecular weight excluding hydrogens is 300 g/mol. The van der Waals surface area contributed by atoms with Crippen LogP contribution in [-0.2, 0) is 4.74 Å². The van der Waals surface area contributed by atoms with E-state index in [-0.39, 0.29) is 6.09 Å². The summed E-state index contributed by atoms with van der Waals surface area (Å²) in [7, 11) is 0. The van der Waals surface area contributed by atoms with Crippen LogP contribution in [0.2, 0.25) is 0 Å². The SMILES string of the molecule is O=C(OCC1CCCCCCC1)N1CCC(C2CCNCC2)CC1. The molecule has 0 spiro atoms. The number of amides is 1. The Morgan fingerprint density at radius 3 is 2.08 bits per heavy atom. The fourth-order valence-corrected chi connectivity index (χ4v) is 4.86. The van der Waals surface area contributed by atoms with Gasteiger partial charge in [0.15, 0.2) is 0 Å². The lowest BCUT2D eigenvalue weighted by atomic mass is 9.79. The van der Waals surface area contributed by atoms with Gasteiger partial charge in [0.25, 0.3) is 0 Å². The quantitative estimate of drug-likeness (QED) is 0.840. The largest absolute Gasteiger partial charge is 0.449 e. The zero-order valence-corrected chi connectivity index (χ0v) is 15.3. The van der Waals surface area contributed by atoms with E-state index in [1.807, 2.05) is 4.90 Å². The van der Waals surface area contributed by atoms with Crippen molar-refractivity contribution >= 4 is 6.09 Å². The topological polar surface area (TPSA) is 41.6 Å². The van der Waals surface area contributed by atoms with Crippen LogP contribution < -0.4 is 5.32 Å². The van der Waals surface area contributed by atoms with Crippen molar-refractivity contribution in [3.63, 3.8) is 0 Å². The van der Waals surface area contributed by atoms with Gasteiger partial charge in [-0.25, -0.2) is 4.79 Å². The van der Waals surface area contributed by atoms with Crippen molar-refractivity contribution in [2.24, 2.45) is 17.8 Å². The molecule has 2 heterocycles. The molecule has 3 fully saturated rings. The first-order valence-corrected chi connectivity index (χ1v) is 10.5. The van der Waals surface area contributed by atoms with Crippen LogP contribution in [0.15, 0.2) is 0 Å². The maximum atomic E-state index is 12.4. The van der Waals surface area contributed by atoms with Crippen LogP contribution in [-0.4, -0.2) is 43.8 Å². The van der Waals surface area contributed by atoms with Gasteiger partial charge in [0.1, 0.15) is 0 Å². The van der Waals surface area contributed by atoms with Crippen LogP contribution in [0.1, 0.15) is 70.6 Å². The average molecular weight is 337 g/mol. The van der Waals surface area contributed by atoms with Gasteiger partial charge in [-0.3, -0.25) is 0 Å². The Kier molecular flexibility index (Phi) is 7.25. The number of carbonyl (C=O) groups is 1. The molecule has 138 valence electrons. The van der Waals surface area contributed by atoms with Gasteiger partial charge in [-0.2, -0.15) is 0 Å². The van der Waals surface area contributed by atoms with E-state index in [1.54, 1.807) is 0 Å². The Morgan fingerprint density at radius 1 is 0.833 bits per heavy atom. The van der Waals surface area contributed by atoms with E-state index < -0.39 is 0 Å². The fraction of sp³-hybridized carbons (Fsp3) is 0.950. The van der Waals surface area contributed by atoms with Gasteiger partial charge in [0, 0.05) is 13.1 Å². The summed E-state index contributed by atoms with van der Waals surface area (Å²) in [6, 6.07) is 0. The standard InChI is InChI=1S/C20H36N2O2/c23-20(24-16-17-6-4-2-1-3-5-7-17)22-14-10-19(11-15-22)18-8-12-21-13-9-18/h17-19,21H,1-16H2. The third kappa shape index (κ3) is 5.37. The summed E-state index contributed by atoms with van der Waals surface area (Å²) >= 11 is 0. The first-order chi connectivity index (χ1) is 11.8. The monoisotopic (exact) mass is 336 g/mol. The van der Waals surface area contributed by atoms with Crippen LogP contribution in [0.5, 0.6) is 0 Å². The third-order valence-corrected chi connectivity index (χ3v) is 6.52. The van der Waals surface area contributed by atoms with Gasteiger partial charge < -0.3 is 15.0 Å². The summed E-state index contributed by atoms with van der Waals surface area (Å²) in [5.41, 5.74) is 0. The first kappa shape index (κ1) is 18.0. The zero-order chi connectivity index (χ0) is 16.6. The van der Waals surface area contributed by atoms with Gasteiger partial charge in [0.2, 0.25) is 0 Å². The second-order valence-electron chi connectivity index (χ2n) is 8.20. The molecule has 4 heteroatoms. The molecule has 0 aromatic heterocycles. The Bertz CT molecular complexity index is 366. The minimum atomic E-state index is -0.0548. The minimum absolute atomic E-state index is 0.0548. The summed E-state index contributed by atoms with van der Waals surface area (Å²) in [6.07, 6.45) is 14.1. The number of carbonyl (C=O) groups excluding carboxylic acids is 1. The predicted molar refractivity (Wildman–Crippen MR) is 97.0 cm³/mol. The molecule has 0 aromatic rings. The van der Waals surface area contributed by atoms with Crippen molar-refractivity contribution in [1.29, 1.82) is 0 Å². The normalized spacial score (nSPS) is 25.9. The molecular formula is C20H36N2O2. The molecule has 0 radical (unpaired) electrons. The van der Waals surface area contributed by atoms with Gasteiger partial charge >= 0.3 is 6.09 Å². The third-order valence-electron chi connectivity index (χ3n) is 6.52. The molecule has 2 aliphatic heterocycles. The summed E-state index contributed by atoms with van der Waals surface area (Å²) in [6.45, 7) is 4.80. The van der Waals surface area contributed by atoms with E-state index in [4.69, 9.17) is 4.74 Å². The number of likely N-dealkylation sites (tertiary alicyclic amines) is 1. The van der Waals surface area contributed by atoms with E-state index in [2.05, 4.69) is 5.32 Å². The van der Waals surface area contributed by atoms with E-state index in [1.165, 1.54) is 83.7 Å². The number of piperidine rings is 2. The molecule has 1 aliphatic carbocycles. The minimum Gasteiger partial charge on any atom is -0.449 e. The molecule has 0 atom stereocenters. The number of hydrogen-bond acceptors (Lipinski definition) is 3. The van der Waals surface area contributed by atoms with E-state index in [0.29, 0.717) is 12.5 Å². The smallest absolute Gasteiger partial charge is 0.409 e. The number of rotatable bonds is 3. The van der Waals surface area contributed by atoms with Crippen LogP contribution in [0.4, 0.5) is 4.79 Å². The Morgan fingerprint density at radius 2 is 1.42 bits per heavy atom. The summed E-state index contributed by atoms with van der Waals surface area (Å²) in [4.78, 5) is 14.3. The van der Waals surface area contributed by atoms with Gasteiger partial charge in [-0.1, -0.05) is 32.1 Å². The highest BCUT2D eigenvalue weighted by atomic mass is 16.6. The molecule has 3 aliphatic rings. The van der Waals surface area contributed by atoms with Crippen LogP contribution >= 0.6 is 0 Å². The van der Waals surface area contributed by atoms with Gasteiger partial charge in [-0.05, 0) is 69.4 Å². The second kappa shape index (κ2) is 9.65. The van der Waals surface area contributed by atoms with E-state index >= 15 is 0 Å². The summed E-state index contributed by atoms with van der Waals surface area (Å²) < 4.78 is 5.68. The molecule has 0 unspecified atom stereocenters. The van der Waals surface area contributed by atoms with Gasteiger partial charge in [0.05, 0.1) is 6.61 Å². The number of ether oxygens (including phenoxy) is 1.